The predicted molar refractivity (Wildman–Crippen MR) is 122 cm³/mol. The van der Waals surface area contributed by atoms with Crippen molar-refractivity contribution in [3.63, 3.8) is 0 Å². The Hall–Kier alpha value is -3.94. The van der Waals surface area contributed by atoms with Crippen molar-refractivity contribution in [1.29, 1.82) is 0 Å². The number of nitrogens with one attached hydrogen (secondary N) is 1. The number of hydrogen-bond acceptors (Lipinski definition) is 6. The summed E-state index contributed by atoms with van der Waals surface area (Å²) >= 11 is 0. The molecule has 8 nitrogen and oxygen atoms in total. The van der Waals surface area contributed by atoms with Crippen LogP contribution in [0.3, 0.4) is 0 Å². The quantitative estimate of drug-likeness (QED) is 0.508. The molecule has 4 rings (SSSR count). The van der Waals surface area contributed by atoms with E-state index in [2.05, 4.69) is 15.6 Å². The number of hydrogen-bond donors (Lipinski definition) is 1. The highest BCUT2D eigenvalue weighted by atomic mass is 16.5. The minimum absolute atomic E-state index is 0.127. The van der Waals surface area contributed by atoms with Crippen LogP contribution in [0.15, 0.2) is 51.8 Å². The zero-order valence-corrected chi connectivity index (χ0v) is 18.6. The SMILES string of the molecule is COc1cccc(-c2nn(C(C)C(=O)Nc3c(C)cccc3C)c(=O)c3noc(C)c23)c1. The predicted octanol–water partition coefficient (Wildman–Crippen LogP) is 4.19. The summed E-state index contributed by atoms with van der Waals surface area (Å²) < 4.78 is 11.8. The maximum atomic E-state index is 13.2. The molecule has 0 spiro atoms. The Morgan fingerprint density at radius 2 is 1.81 bits per heavy atom. The number of carbonyl (C=O) groups excluding carboxylic acids is 1. The summed E-state index contributed by atoms with van der Waals surface area (Å²) in [5.74, 6) is 0.764. The maximum absolute atomic E-state index is 13.2. The van der Waals surface area contributed by atoms with E-state index in [4.69, 9.17) is 9.26 Å². The van der Waals surface area contributed by atoms with Gasteiger partial charge in [0.2, 0.25) is 5.91 Å². The van der Waals surface area contributed by atoms with Crippen LogP contribution in [-0.4, -0.2) is 28.0 Å². The van der Waals surface area contributed by atoms with Crippen LogP contribution in [0.25, 0.3) is 22.2 Å². The zero-order chi connectivity index (χ0) is 23.0. The number of rotatable bonds is 5. The van der Waals surface area contributed by atoms with Crippen molar-refractivity contribution in [3.8, 4) is 17.0 Å². The van der Waals surface area contributed by atoms with Gasteiger partial charge in [-0.3, -0.25) is 9.59 Å². The number of ether oxygens (including phenoxy) is 1. The second-order valence-electron chi connectivity index (χ2n) is 7.72. The van der Waals surface area contributed by atoms with Gasteiger partial charge in [-0.2, -0.15) is 5.10 Å². The molecule has 0 radical (unpaired) electrons. The molecule has 0 aliphatic heterocycles. The van der Waals surface area contributed by atoms with Crippen LogP contribution in [0.1, 0.15) is 29.9 Å². The van der Waals surface area contributed by atoms with Crippen molar-refractivity contribution in [2.75, 3.05) is 12.4 Å². The van der Waals surface area contributed by atoms with E-state index in [9.17, 15) is 9.59 Å². The van der Waals surface area contributed by atoms with Gasteiger partial charge >= 0.3 is 0 Å². The number of nitrogens with zero attached hydrogens (tertiary/aromatic N) is 3. The van der Waals surface area contributed by atoms with Crippen LogP contribution in [-0.2, 0) is 4.79 Å². The number of para-hydroxylation sites is 1. The summed E-state index contributed by atoms with van der Waals surface area (Å²) in [4.78, 5) is 26.2. The molecule has 0 bridgehead atoms. The molecule has 2 aromatic carbocycles. The molecule has 8 heteroatoms. The molecule has 1 atom stereocenters. The zero-order valence-electron chi connectivity index (χ0n) is 18.6. The number of amides is 1. The van der Waals surface area contributed by atoms with Gasteiger partial charge < -0.3 is 14.6 Å². The lowest BCUT2D eigenvalue weighted by Gasteiger charge is -2.17. The second kappa shape index (κ2) is 8.30. The van der Waals surface area contributed by atoms with E-state index in [1.165, 1.54) is 0 Å². The Morgan fingerprint density at radius 3 is 2.50 bits per heavy atom. The van der Waals surface area contributed by atoms with Crippen molar-refractivity contribution < 1.29 is 14.1 Å². The molecule has 164 valence electrons. The minimum atomic E-state index is -0.882. The lowest BCUT2D eigenvalue weighted by atomic mass is 10.1. The molecule has 1 unspecified atom stereocenters. The van der Waals surface area contributed by atoms with Gasteiger partial charge in [-0.25, -0.2) is 4.68 Å². The minimum Gasteiger partial charge on any atom is -0.497 e. The van der Waals surface area contributed by atoms with E-state index in [1.54, 1.807) is 21.0 Å². The van der Waals surface area contributed by atoms with E-state index in [1.807, 2.05) is 56.3 Å². The molecule has 32 heavy (non-hydrogen) atoms. The van der Waals surface area contributed by atoms with E-state index in [0.717, 1.165) is 27.1 Å². The topological polar surface area (TPSA) is 99.2 Å². The number of methoxy groups -OCH3 is 1. The van der Waals surface area contributed by atoms with E-state index < -0.39 is 11.6 Å². The molecule has 1 amide bonds. The fourth-order valence-electron chi connectivity index (χ4n) is 3.69. The number of fused-ring (bicyclic) bond motifs is 1. The number of carbonyl (C=O) groups is 1. The number of benzene rings is 2. The number of aryl methyl sites for hydroxylation is 3. The fraction of sp³-hybridized carbons (Fsp3) is 0.250. The standard InChI is InChI=1S/C24H24N4O4/c1-13-8-6-9-14(2)20(13)25-23(29)15(3)28-24(30)22-19(16(4)32-27-22)21(26-28)17-10-7-11-18(12-17)31-5/h6-12,15H,1-5H3,(H,25,29). The lowest BCUT2D eigenvalue weighted by Crippen LogP contribution is -2.34. The molecule has 4 aromatic rings. The van der Waals surface area contributed by atoms with Gasteiger partial charge in [0.05, 0.1) is 12.5 Å². The summed E-state index contributed by atoms with van der Waals surface area (Å²) in [6.45, 7) is 7.19. The molecule has 2 aromatic heterocycles. The highest BCUT2D eigenvalue weighted by Crippen LogP contribution is 2.30. The van der Waals surface area contributed by atoms with Crippen LogP contribution in [0, 0.1) is 20.8 Å². The largest absolute Gasteiger partial charge is 0.497 e. The van der Waals surface area contributed by atoms with Gasteiger partial charge in [0, 0.05) is 11.3 Å². The Kier molecular flexibility index (Phi) is 5.52. The third-order valence-corrected chi connectivity index (χ3v) is 5.54. The first kappa shape index (κ1) is 21.3. The summed E-state index contributed by atoms with van der Waals surface area (Å²) in [5.41, 5.74) is 3.44. The van der Waals surface area contributed by atoms with Crippen molar-refractivity contribution in [2.45, 2.75) is 33.7 Å². The first-order valence-electron chi connectivity index (χ1n) is 10.2. The van der Waals surface area contributed by atoms with Crippen LogP contribution in [0.5, 0.6) is 5.75 Å². The summed E-state index contributed by atoms with van der Waals surface area (Å²) in [6, 6.07) is 12.2. The third kappa shape index (κ3) is 3.64. The van der Waals surface area contributed by atoms with Crippen LogP contribution < -0.4 is 15.6 Å². The molecule has 0 saturated carbocycles. The Balaban J connectivity index is 1.83. The van der Waals surface area contributed by atoms with Gasteiger partial charge in [0.1, 0.15) is 23.2 Å². The molecular formula is C24H24N4O4. The Morgan fingerprint density at radius 1 is 1.12 bits per heavy atom. The van der Waals surface area contributed by atoms with E-state index in [0.29, 0.717) is 22.6 Å². The Bertz CT molecular complexity index is 1370. The number of anilines is 1. The molecule has 1 N–H and O–H groups in total. The van der Waals surface area contributed by atoms with Crippen LogP contribution >= 0.6 is 0 Å². The molecule has 0 fully saturated rings. The molecule has 2 heterocycles. The van der Waals surface area contributed by atoms with Gasteiger partial charge in [0.15, 0.2) is 5.52 Å². The van der Waals surface area contributed by atoms with Gasteiger partial charge in [0.25, 0.3) is 5.56 Å². The van der Waals surface area contributed by atoms with Crippen molar-refractivity contribution in [2.24, 2.45) is 0 Å². The average molecular weight is 432 g/mol. The van der Waals surface area contributed by atoms with Crippen molar-refractivity contribution >= 4 is 22.5 Å². The fourth-order valence-corrected chi connectivity index (χ4v) is 3.69. The summed E-state index contributed by atoms with van der Waals surface area (Å²) in [5, 5.41) is 12.0. The van der Waals surface area contributed by atoms with E-state index in [-0.39, 0.29) is 11.4 Å². The first-order valence-corrected chi connectivity index (χ1v) is 10.2. The average Bonchev–Trinajstić information content (AvgIpc) is 3.18. The smallest absolute Gasteiger partial charge is 0.297 e. The Labute approximate surface area is 184 Å². The summed E-state index contributed by atoms with van der Waals surface area (Å²) in [6.07, 6.45) is 0. The van der Waals surface area contributed by atoms with Crippen LogP contribution in [0.4, 0.5) is 5.69 Å². The highest BCUT2D eigenvalue weighted by molar-refractivity contribution is 5.96. The molecule has 0 saturated heterocycles. The van der Waals surface area contributed by atoms with Gasteiger partial charge in [-0.05, 0) is 51.0 Å². The van der Waals surface area contributed by atoms with Crippen molar-refractivity contribution in [3.05, 3.63) is 69.7 Å². The molecule has 0 aliphatic rings. The lowest BCUT2D eigenvalue weighted by molar-refractivity contribution is -0.119. The van der Waals surface area contributed by atoms with Crippen LogP contribution in [0.2, 0.25) is 0 Å². The van der Waals surface area contributed by atoms with Crippen molar-refractivity contribution in [1.82, 2.24) is 14.9 Å². The number of aromatic nitrogens is 3. The third-order valence-electron chi connectivity index (χ3n) is 5.54. The highest BCUT2D eigenvalue weighted by Gasteiger charge is 2.25. The monoisotopic (exact) mass is 432 g/mol. The molecule has 0 aliphatic carbocycles. The van der Waals surface area contributed by atoms with Gasteiger partial charge in [-0.1, -0.05) is 35.5 Å². The van der Waals surface area contributed by atoms with Gasteiger partial charge in [-0.15, -0.1) is 0 Å². The normalized spacial score (nSPS) is 12.0. The molecular weight excluding hydrogens is 408 g/mol. The summed E-state index contributed by atoms with van der Waals surface area (Å²) in [7, 11) is 1.58. The second-order valence-corrected chi connectivity index (χ2v) is 7.72. The first-order chi connectivity index (χ1) is 15.3. The van der Waals surface area contributed by atoms with E-state index >= 15 is 0 Å². The maximum Gasteiger partial charge on any atom is 0.297 e.